The molecule has 0 aromatic heterocycles. The maximum atomic E-state index is 10.2. The van der Waals surface area contributed by atoms with Gasteiger partial charge >= 0.3 is 0 Å². The number of benzene rings is 2. The maximum Gasteiger partial charge on any atom is 0.162 e. The smallest absolute Gasteiger partial charge is 0.162 e. The third-order valence-electron chi connectivity index (χ3n) is 3.20. The van der Waals surface area contributed by atoms with Gasteiger partial charge in [0.25, 0.3) is 0 Å². The lowest BCUT2D eigenvalue weighted by Crippen LogP contribution is -2.21. The van der Waals surface area contributed by atoms with Crippen LogP contribution in [0.15, 0.2) is 42.5 Å². The first-order chi connectivity index (χ1) is 9.65. The topological polar surface area (TPSA) is 32.7 Å². The van der Waals surface area contributed by atoms with Crippen LogP contribution >= 0.6 is 11.6 Å². The average Bonchev–Trinajstić information content (AvgIpc) is 2.48. The highest BCUT2D eigenvalue weighted by atomic mass is 35.5. The van der Waals surface area contributed by atoms with Gasteiger partial charge in [-0.25, -0.2) is 0 Å². The normalized spacial score (nSPS) is 10.3. The van der Waals surface area contributed by atoms with Crippen LogP contribution in [0, 0.1) is 0 Å². The lowest BCUT2D eigenvalue weighted by molar-refractivity contribution is 0.370. The molecule has 0 saturated carbocycles. The predicted octanol–water partition coefficient (Wildman–Crippen LogP) is 4.08. The van der Waals surface area contributed by atoms with Crippen LogP contribution in [0.5, 0.6) is 11.5 Å². The summed E-state index contributed by atoms with van der Waals surface area (Å²) in [5, 5.41) is 10.7. The number of anilines is 1. The summed E-state index contributed by atoms with van der Waals surface area (Å²) in [6.45, 7) is 3.48. The van der Waals surface area contributed by atoms with Crippen molar-refractivity contribution in [2.24, 2.45) is 0 Å². The zero-order valence-electron chi connectivity index (χ0n) is 11.6. The van der Waals surface area contributed by atoms with Crippen molar-refractivity contribution < 1.29 is 9.84 Å². The van der Waals surface area contributed by atoms with Crippen molar-refractivity contribution in [3.05, 3.63) is 53.1 Å². The molecular weight excluding hydrogens is 274 g/mol. The third kappa shape index (κ3) is 3.17. The molecule has 0 aliphatic rings. The van der Waals surface area contributed by atoms with Crippen LogP contribution in [-0.2, 0) is 6.54 Å². The van der Waals surface area contributed by atoms with E-state index in [1.54, 1.807) is 12.1 Å². The Morgan fingerprint density at radius 2 is 1.90 bits per heavy atom. The Bertz CT molecular complexity index is 572. The molecule has 0 radical (unpaired) electrons. The Hall–Kier alpha value is -1.87. The fourth-order valence-corrected chi connectivity index (χ4v) is 2.37. The van der Waals surface area contributed by atoms with Crippen molar-refractivity contribution in [2.45, 2.75) is 13.5 Å². The number of phenolic OH excluding ortho intramolecular Hbond substituents is 1. The quantitative estimate of drug-likeness (QED) is 0.901. The van der Waals surface area contributed by atoms with Crippen LogP contribution in [-0.4, -0.2) is 18.8 Å². The number of hydrogen-bond donors (Lipinski definition) is 1. The molecule has 106 valence electrons. The van der Waals surface area contributed by atoms with E-state index in [2.05, 4.69) is 11.8 Å². The highest BCUT2D eigenvalue weighted by molar-refractivity contribution is 6.30. The molecule has 0 unspecified atom stereocenters. The van der Waals surface area contributed by atoms with E-state index in [-0.39, 0.29) is 5.75 Å². The van der Waals surface area contributed by atoms with Crippen molar-refractivity contribution in [3.63, 3.8) is 0 Å². The van der Waals surface area contributed by atoms with E-state index in [1.165, 1.54) is 7.11 Å². The Labute approximate surface area is 124 Å². The Kier molecular flexibility index (Phi) is 4.74. The van der Waals surface area contributed by atoms with Crippen LogP contribution in [0.2, 0.25) is 5.02 Å². The molecule has 0 heterocycles. The highest BCUT2D eigenvalue weighted by Crippen LogP contribution is 2.34. The molecule has 2 rings (SSSR count). The van der Waals surface area contributed by atoms with Gasteiger partial charge in [0.15, 0.2) is 11.5 Å². The monoisotopic (exact) mass is 291 g/mol. The summed E-state index contributed by atoms with van der Waals surface area (Å²) < 4.78 is 5.13. The van der Waals surface area contributed by atoms with Crippen LogP contribution in [0.3, 0.4) is 0 Å². The Balaban J connectivity index is 2.31. The van der Waals surface area contributed by atoms with E-state index >= 15 is 0 Å². The number of methoxy groups -OCH3 is 1. The predicted molar refractivity (Wildman–Crippen MR) is 82.8 cm³/mol. The fourth-order valence-electron chi connectivity index (χ4n) is 2.13. The van der Waals surface area contributed by atoms with Gasteiger partial charge in [0.05, 0.1) is 7.11 Å². The molecule has 0 fully saturated rings. The first kappa shape index (κ1) is 14.5. The second kappa shape index (κ2) is 6.53. The van der Waals surface area contributed by atoms with Crippen LogP contribution in [0.1, 0.15) is 12.5 Å². The van der Waals surface area contributed by atoms with Gasteiger partial charge in [0.2, 0.25) is 0 Å². The van der Waals surface area contributed by atoms with Gasteiger partial charge in [-0.05, 0) is 25.1 Å². The standard InChI is InChI=1S/C16H18ClNO2/c1-3-18(14-7-5-4-6-8-14)11-12-9-13(17)10-15(20-2)16(12)19/h4-10,19H,3,11H2,1-2H3. The number of nitrogens with zero attached hydrogens (tertiary/aromatic N) is 1. The van der Waals surface area contributed by atoms with E-state index in [1.807, 2.05) is 30.3 Å². The van der Waals surface area contributed by atoms with Gasteiger partial charge < -0.3 is 14.7 Å². The molecule has 4 heteroatoms. The van der Waals surface area contributed by atoms with Gasteiger partial charge in [-0.2, -0.15) is 0 Å². The van der Waals surface area contributed by atoms with Crippen molar-refractivity contribution in [3.8, 4) is 11.5 Å². The SMILES string of the molecule is CCN(Cc1cc(Cl)cc(OC)c1O)c1ccccc1. The maximum absolute atomic E-state index is 10.2. The summed E-state index contributed by atoms with van der Waals surface area (Å²) in [5.41, 5.74) is 1.85. The number of phenols is 1. The third-order valence-corrected chi connectivity index (χ3v) is 3.42. The zero-order chi connectivity index (χ0) is 14.5. The number of hydrogen-bond acceptors (Lipinski definition) is 3. The molecule has 2 aromatic carbocycles. The second-order valence-electron chi connectivity index (χ2n) is 4.47. The summed E-state index contributed by atoms with van der Waals surface area (Å²) in [5.74, 6) is 0.544. The zero-order valence-corrected chi connectivity index (χ0v) is 12.4. The lowest BCUT2D eigenvalue weighted by atomic mass is 10.1. The van der Waals surface area contributed by atoms with Gasteiger partial charge in [-0.3, -0.25) is 0 Å². The largest absolute Gasteiger partial charge is 0.504 e. The molecule has 0 amide bonds. The van der Waals surface area contributed by atoms with Crippen LogP contribution in [0.25, 0.3) is 0 Å². The summed E-state index contributed by atoms with van der Waals surface area (Å²) in [7, 11) is 1.52. The van der Waals surface area contributed by atoms with Crippen molar-refractivity contribution in [2.75, 3.05) is 18.6 Å². The molecule has 0 atom stereocenters. The van der Waals surface area contributed by atoms with E-state index in [0.29, 0.717) is 17.3 Å². The molecule has 0 aliphatic heterocycles. The molecule has 3 nitrogen and oxygen atoms in total. The van der Waals surface area contributed by atoms with E-state index < -0.39 is 0 Å². The number of rotatable bonds is 5. The minimum absolute atomic E-state index is 0.145. The average molecular weight is 292 g/mol. The summed E-state index contributed by atoms with van der Waals surface area (Å²) >= 11 is 6.06. The summed E-state index contributed by atoms with van der Waals surface area (Å²) in [4.78, 5) is 2.16. The van der Waals surface area contributed by atoms with E-state index in [4.69, 9.17) is 16.3 Å². The van der Waals surface area contributed by atoms with E-state index in [9.17, 15) is 5.11 Å². The number of halogens is 1. The lowest BCUT2D eigenvalue weighted by Gasteiger charge is -2.24. The van der Waals surface area contributed by atoms with Crippen LogP contribution < -0.4 is 9.64 Å². The molecular formula is C16H18ClNO2. The molecule has 0 aliphatic carbocycles. The Morgan fingerprint density at radius 1 is 1.20 bits per heavy atom. The van der Waals surface area contributed by atoms with Gasteiger partial charge in [-0.1, -0.05) is 29.8 Å². The highest BCUT2D eigenvalue weighted by Gasteiger charge is 2.13. The van der Waals surface area contributed by atoms with Gasteiger partial charge in [0, 0.05) is 35.4 Å². The molecule has 0 bridgehead atoms. The number of aromatic hydroxyl groups is 1. The summed E-state index contributed by atoms with van der Waals surface area (Å²) in [6, 6.07) is 13.4. The molecule has 20 heavy (non-hydrogen) atoms. The molecule has 1 N–H and O–H groups in total. The fraction of sp³-hybridized carbons (Fsp3) is 0.250. The molecule has 0 spiro atoms. The van der Waals surface area contributed by atoms with Crippen molar-refractivity contribution in [1.82, 2.24) is 0 Å². The number of ether oxygens (including phenoxy) is 1. The molecule has 2 aromatic rings. The van der Waals surface area contributed by atoms with Crippen LogP contribution in [0.4, 0.5) is 5.69 Å². The first-order valence-corrected chi connectivity index (χ1v) is 6.89. The van der Waals surface area contributed by atoms with E-state index in [0.717, 1.165) is 17.8 Å². The minimum atomic E-state index is 0.145. The van der Waals surface area contributed by atoms with Gasteiger partial charge in [-0.15, -0.1) is 0 Å². The van der Waals surface area contributed by atoms with Crippen molar-refractivity contribution >= 4 is 17.3 Å². The summed E-state index contributed by atoms with van der Waals surface area (Å²) in [6.07, 6.45) is 0. The van der Waals surface area contributed by atoms with Gasteiger partial charge in [0.1, 0.15) is 0 Å². The Morgan fingerprint density at radius 3 is 2.50 bits per heavy atom. The van der Waals surface area contributed by atoms with Crippen molar-refractivity contribution in [1.29, 1.82) is 0 Å². The number of para-hydroxylation sites is 1. The second-order valence-corrected chi connectivity index (χ2v) is 4.90. The first-order valence-electron chi connectivity index (χ1n) is 6.51. The molecule has 0 saturated heterocycles. The minimum Gasteiger partial charge on any atom is -0.504 e.